The molecule has 140 valence electrons. The van der Waals surface area contributed by atoms with Crippen molar-refractivity contribution in [1.82, 2.24) is 4.90 Å². The maximum absolute atomic E-state index is 12.8. The number of carbonyl (C=O) groups is 1. The maximum atomic E-state index is 12.8. The SMILES string of the molecule is COc1cc(CN(C(=O)N(C)C)c2ccc(C(C)C)cc2)cc(OC)c1. The van der Waals surface area contributed by atoms with Gasteiger partial charge in [-0.3, -0.25) is 4.90 Å². The number of hydrogen-bond acceptors (Lipinski definition) is 3. The number of methoxy groups -OCH3 is 2. The molecule has 2 aromatic rings. The van der Waals surface area contributed by atoms with Crippen molar-refractivity contribution in [3.8, 4) is 11.5 Å². The third-order valence-electron chi connectivity index (χ3n) is 4.24. The summed E-state index contributed by atoms with van der Waals surface area (Å²) in [6.07, 6.45) is 0. The summed E-state index contributed by atoms with van der Waals surface area (Å²) in [5.41, 5.74) is 3.04. The first-order chi connectivity index (χ1) is 12.3. The molecule has 0 aliphatic rings. The molecule has 5 nitrogen and oxygen atoms in total. The van der Waals surface area contributed by atoms with Crippen LogP contribution in [0.4, 0.5) is 10.5 Å². The highest BCUT2D eigenvalue weighted by atomic mass is 16.5. The molecule has 26 heavy (non-hydrogen) atoms. The maximum Gasteiger partial charge on any atom is 0.324 e. The van der Waals surface area contributed by atoms with Crippen LogP contribution in [0.5, 0.6) is 11.5 Å². The average molecular weight is 356 g/mol. The lowest BCUT2D eigenvalue weighted by molar-refractivity contribution is 0.223. The molecule has 0 unspecified atom stereocenters. The molecular weight excluding hydrogens is 328 g/mol. The van der Waals surface area contributed by atoms with Gasteiger partial charge in [0.15, 0.2) is 0 Å². The van der Waals surface area contributed by atoms with Crippen LogP contribution in [0, 0.1) is 0 Å². The first kappa shape index (κ1) is 19.6. The predicted octanol–water partition coefficient (Wildman–Crippen LogP) is 4.52. The molecule has 0 spiro atoms. The molecule has 0 aromatic heterocycles. The summed E-state index contributed by atoms with van der Waals surface area (Å²) in [5, 5.41) is 0. The minimum atomic E-state index is -0.0796. The van der Waals surface area contributed by atoms with E-state index in [1.54, 1.807) is 38.1 Å². The summed E-state index contributed by atoms with van der Waals surface area (Å²) in [6, 6.07) is 13.7. The summed E-state index contributed by atoms with van der Waals surface area (Å²) in [5.74, 6) is 1.85. The minimum absolute atomic E-state index is 0.0796. The Morgan fingerprint density at radius 1 is 0.962 bits per heavy atom. The van der Waals surface area contributed by atoms with Gasteiger partial charge in [-0.15, -0.1) is 0 Å². The van der Waals surface area contributed by atoms with Gasteiger partial charge in [0, 0.05) is 25.8 Å². The molecule has 2 amide bonds. The molecule has 0 aliphatic heterocycles. The molecule has 0 saturated carbocycles. The summed E-state index contributed by atoms with van der Waals surface area (Å²) in [7, 11) is 6.74. The highest BCUT2D eigenvalue weighted by molar-refractivity contribution is 5.91. The zero-order valence-electron chi connectivity index (χ0n) is 16.4. The van der Waals surface area contributed by atoms with E-state index in [9.17, 15) is 4.79 Å². The molecular formula is C21H28N2O3. The van der Waals surface area contributed by atoms with Gasteiger partial charge in [-0.25, -0.2) is 4.79 Å². The Morgan fingerprint density at radius 3 is 1.92 bits per heavy atom. The Kier molecular flexibility index (Phi) is 6.50. The van der Waals surface area contributed by atoms with Gasteiger partial charge >= 0.3 is 6.03 Å². The van der Waals surface area contributed by atoms with Crippen LogP contribution in [-0.2, 0) is 6.54 Å². The third-order valence-corrected chi connectivity index (χ3v) is 4.24. The lowest BCUT2D eigenvalue weighted by atomic mass is 10.0. The predicted molar refractivity (Wildman–Crippen MR) is 105 cm³/mol. The Hall–Kier alpha value is -2.69. The number of amides is 2. The van der Waals surface area contributed by atoms with E-state index in [1.807, 2.05) is 30.3 Å². The molecule has 0 saturated heterocycles. The first-order valence-electron chi connectivity index (χ1n) is 8.66. The van der Waals surface area contributed by atoms with Crippen molar-refractivity contribution in [1.29, 1.82) is 0 Å². The number of hydrogen-bond donors (Lipinski definition) is 0. The van der Waals surface area contributed by atoms with Crippen LogP contribution < -0.4 is 14.4 Å². The molecule has 0 atom stereocenters. The van der Waals surface area contributed by atoms with Gasteiger partial charge in [-0.05, 0) is 41.3 Å². The van der Waals surface area contributed by atoms with E-state index in [1.165, 1.54) is 5.56 Å². The molecule has 2 rings (SSSR count). The molecule has 0 fully saturated rings. The number of benzene rings is 2. The molecule has 0 aliphatic carbocycles. The van der Waals surface area contributed by atoms with E-state index in [0.29, 0.717) is 24.0 Å². The number of ether oxygens (including phenoxy) is 2. The topological polar surface area (TPSA) is 42.0 Å². The van der Waals surface area contributed by atoms with Crippen molar-refractivity contribution in [2.24, 2.45) is 0 Å². The number of anilines is 1. The third kappa shape index (κ3) is 4.69. The largest absolute Gasteiger partial charge is 0.497 e. The summed E-state index contributed by atoms with van der Waals surface area (Å²) in [4.78, 5) is 16.1. The molecule has 0 radical (unpaired) electrons. The number of urea groups is 1. The van der Waals surface area contributed by atoms with Gasteiger partial charge in [0.05, 0.1) is 20.8 Å². The molecule has 2 aromatic carbocycles. The lowest BCUT2D eigenvalue weighted by Gasteiger charge is -2.27. The van der Waals surface area contributed by atoms with Gasteiger partial charge in [0.1, 0.15) is 11.5 Å². The van der Waals surface area contributed by atoms with E-state index in [4.69, 9.17) is 9.47 Å². The van der Waals surface area contributed by atoms with Crippen molar-refractivity contribution in [2.75, 3.05) is 33.2 Å². The van der Waals surface area contributed by atoms with Crippen LogP contribution in [0.2, 0.25) is 0 Å². The highest BCUT2D eigenvalue weighted by Gasteiger charge is 2.19. The number of carbonyl (C=O) groups excluding carboxylic acids is 1. The van der Waals surface area contributed by atoms with Gasteiger partial charge in [0.25, 0.3) is 0 Å². The second-order valence-electron chi connectivity index (χ2n) is 6.73. The van der Waals surface area contributed by atoms with Gasteiger partial charge in [0.2, 0.25) is 0 Å². The standard InChI is InChI=1S/C21H28N2O3/c1-15(2)17-7-9-18(10-8-17)23(21(24)22(3)4)14-16-11-19(25-5)13-20(12-16)26-6/h7-13,15H,14H2,1-6H3. The van der Waals surface area contributed by atoms with Crippen molar-refractivity contribution >= 4 is 11.7 Å². The second kappa shape index (κ2) is 8.61. The van der Waals surface area contributed by atoms with Crippen LogP contribution in [0.15, 0.2) is 42.5 Å². The van der Waals surface area contributed by atoms with Gasteiger partial charge < -0.3 is 14.4 Å². The quantitative estimate of drug-likeness (QED) is 0.764. The number of rotatable bonds is 6. The second-order valence-corrected chi connectivity index (χ2v) is 6.73. The van der Waals surface area contributed by atoms with Crippen LogP contribution in [0.1, 0.15) is 30.9 Å². The van der Waals surface area contributed by atoms with Crippen molar-refractivity contribution < 1.29 is 14.3 Å². The fourth-order valence-corrected chi connectivity index (χ4v) is 2.69. The zero-order valence-corrected chi connectivity index (χ0v) is 16.4. The van der Waals surface area contributed by atoms with Crippen LogP contribution in [0.25, 0.3) is 0 Å². The van der Waals surface area contributed by atoms with Crippen molar-refractivity contribution in [3.63, 3.8) is 0 Å². The van der Waals surface area contributed by atoms with E-state index in [-0.39, 0.29) is 6.03 Å². The molecule has 5 heteroatoms. The van der Waals surface area contributed by atoms with Gasteiger partial charge in [-0.1, -0.05) is 26.0 Å². The molecule has 0 heterocycles. The highest BCUT2D eigenvalue weighted by Crippen LogP contribution is 2.27. The summed E-state index contributed by atoms with van der Waals surface area (Å²) >= 11 is 0. The fourth-order valence-electron chi connectivity index (χ4n) is 2.69. The summed E-state index contributed by atoms with van der Waals surface area (Å²) in [6.45, 7) is 4.73. The van der Waals surface area contributed by atoms with E-state index in [2.05, 4.69) is 26.0 Å². The van der Waals surface area contributed by atoms with Crippen LogP contribution in [-0.4, -0.2) is 39.2 Å². The Bertz CT molecular complexity index is 717. The van der Waals surface area contributed by atoms with Gasteiger partial charge in [-0.2, -0.15) is 0 Å². The van der Waals surface area contributed by atoms with E-state index >= 15 is 0 Å². The monoisotopic (exact) mass is 356 g/mol. The van der Waals surface area contributed by atoms with Crippen molar-refractivity contribution in [2.45, 2.75) is 26.3 Å². The van der Waals surface area contributed by atoms with E-state index < -0.39 is 0 Å². The smallest absolute Gasteiger partial charge is 0.324 e. The Balaban J connectivity index is 2.38. The van der Waals surface area contributed by atoms with Crippen molar-refractivity contribution in [3.05, 3.63) is 53.6 Å². The fraction of sp³-hybridized carbons (Fsp3) is 0.381. The molecule has 0 bridgehead atoms. The minimum Gasteiger partial charge on any atom is -0.497 e. The Labute approximate surface area is 156 Å². The lowest BCUT2D eigenvalue weighted by Crippen LogP contribution is -2.38. The zero-order chi connectivity index (χ0) is 19.3. The first-order valence-corrected chi connectivity index (χ1v) is 8.66. The number of nitrogens with zero attached hydrogens (tertiary/aromatic N) is 2. The normalized spacial score (nSPS) is 10.6. The summed E-state index contributed by atoms with van der Waals surface area (Å²) < 4.78 is 10.7. The van der Waals surface area contributed by atoms with E-state index in [0.717, 1.165) is 11.3 Å². The van der Waals surface area contributed by atoms with Crippen LogP contribution in [0.3, 0.4) is 0 Å². The van der Waals surface area contributed by atoms with Crippen LogP contribution >= 0.6 is 0 Å². The molecule has 0 N–H and O–H groups in total. The Morgan fingerprint density at radius 2 is 1.50 bits per heavy atom. The average Bonchev–Trinajstić information content (AvgIpc) is 2.65.